The summed E-state index contributed by atoms with van der Waals surface area (Å²) in [5, 5.41) is 1.15. The summed E-state index contributed by atoms with van der Waals surface area (Å²) in [7, 11) is -3.11. The zero-order valence-electron chi connectivity index (χ0n) is 14.0. The van der Waals surface area contributed by atoms with Crippen molar-refractivity contribution in [1.82, 2.24) is 0 Å². The van der Waals surface area contributed by atoms with Gasteiger partial charge in [-0.2, -0.15) is 4.99 Å². The highest BCUT2D eigenvalue weighted by atomic mass is 35.5. The van der Waals surface area contributed by atoms with Crippen molar-refractivity contribution < 1.29 is 13.2 Å². The monoisotopic (exact) mass is 420 g/mol. The van der Waals surface area contributed by atoms with E-state index in [-0.39, 0.29) is 28.7 Å². The third kappa shape index (κ3) is 3.84. The van der Waals surface area contributed by atoms with E-state index in [4.69, 9.17) is 23.2 Å². The summed E-state index contributed by atoms with van der Waals surface area (Å²) < 4.78 is 24.1. The van der Waals surface area contributed by atoms with E-state index < -0.39 is 15.3 Å². The lowest BCUT2D eigenvalue weighted by Gasteiger charge is -2.25. The van der Waals surface area contributed by atoms with Gasteiger partial charge in [0.15, 0.2) is 15.0 Å². The molecule has 1 aromatic carbocycles. The second-order valence-corrected chi connectivity index (χ2v) is 11.4. The molecule has 0 radical (unpaired) electrons. The summed E-state index contributed by atoms with van der Waals surface area (Å²) in [5.74, 6) is -0.126. The molecule has 2 heterocycles. The van der Waals surface area contributed by atoms with E-state index in [0.717, 1.165) is 0 Å². The highest BCUT2D eigenvalue weighted by Gasteiger charge is 2.49. The molecule has 2 fully saturated rings. The fourth-order valence-corrected chi connectivity index (χ4v) is 6.96. The standard InChI is InChI=1S/C16H18Cl2N2O3S2/c1-16(2,3)14(21)19-15-20(9-4-5-10(17)11(18)6-9)12-7-25(22,23)8-13(12)24-15/h4-6,12-13H,7-8H2,1-3H3. The average molecular weight is 421 g/mol. The van der Waals surface area contributed by atoms with Gasteiger partial charge in [0.1, 0.15) is 0 Å². The molecule has 2 aliphatic heterocycles. The largest absolute Gasteiger partial charge is 0.316 e. The van der Waals surface area contributed by atoms with Crippen LogP contribution in [0.25, 0.3) is 0 Å². The summed E-state index contributed by atoms with van der Waals surface area (Å²) in [4.78, 5) is 18.5. The van der Waals surface area contributed by atoms with Gasteiger partial charge in [-0.1, -0.05) is 55.7 Å². The van der Waals surface area contributed by atoms with Gasteiger partial charge in [-0.3, -0.25) is 4.79 Å². The van der Waals surface area contributed by atoms with Crippen molar-refractivity contribution in [1.29, 1.82) is 0 Å². The van der Waals surface area contributed by atoms with Crippen LogP contribution in [-0.2, 0) is 14.6 Å². The maximum atomic E-state index is 12.4. The Hall–Kier alpha value is -0.760. The summed E-state index contributed by atoms with van der Waals surface area (Å²) in [6, 6.07) is 4.83. The fraction of sp³-hybridized carbons (Fsp3) is 0.500. The van der Waals surface area contributed by atoms with Crippen LogP contribution < -0.4 is 4.90 Å². The van der Waals surface area contributed by atoms with Crippen LogP contribution in [0, 0.1) is 5.41 Å². The third-order valence-electron chi connectivity index (χ3n) is 4.09. The molecule has 5 nitrogen and oxygen atoms in total. The first-order valence-electron chi connectivity index (χ1n) is 7.72. The van der Waals surface area contributed by atoms with Crippen molar-refractivity contribution in [2.45, 2.75) is 32.1 Å². The van der Waals surface area contributed by atoms with Crippen LogP contribution in [0.1, 0.15) is 20.8 Å². The zero-order valence-corrected chi connectivity index (χ0v) is 17.1. The Kier molecular flexibility index (Phi) is 4.90. The molecule has 136 valence electrons. The molecule has 1 aromatic rings. The lowest BCUT2D eigenvalue weighted by atomic mass is 9.96. The molecule has 2 aliphatic rings. The van der Waals surface area contributed by atoms with Gasteiger partial charge < -0.3 is 4.90 Å². The number of aliphatic imine (C=N–C) groups is 1. The van der Waals surface area contributed by atoms with E-state index >= 15 is 0 Å². The van der Waals surface area contributed by atoms with Crippen molar-refractivity contribution in [3.8, 4) is 0 Å². The maximum absolute atomic E-state index is 12.4. The van der Waals surface area contributed by atoms with E-state index in [2.05, 4.69) is 4.99 Å². The Morgan fingerprint density at radius 3 is 2.52 bits per heavy atom. The molecule has 2 atom stereocenters. The number of rotatable bonds is 1. The Balaban J connectivity index is 2.05. The zero-order chi connectivity index (χ0) is 18.6. The summed E-state index contributed by atoms with van der Waals surface area (Å²) in [6.45, 7) is 5.40. The van der Waals surface area contributed by atoms with E-state index in [1.807, 2.05) is 4.90 Å². The quantitative estimate of drug-likeness (QED) is 0.693. The van der Waals surface area contributed by atoms with Gasteiger partial charge in [-0.15, -0.1) is 0 Å². The molecule has 0 aliphatic carbocycles. The number of halogens is 2. The lowest BCUT2D eigenvalue weighted by molar-refractivity contribution is -0.124. The topological polar surface area (TPSA) is 66.8 Å². The number of sulfone groups is 1. The normalized spacial score (nSPS) is 26.9. The van der Waals surface area contributed by atoms with Gasteiger partial charge >= 0.3 is 0 Å². The Bertz CT molecular complexity index is 863. The highest BCUT2D eigenvalue weighted by Crippen LogP contribution is 2.42. The van der Waals surface area contributed by atoms with Crippen LogP contribution in [0.4, 0.5) is 5.69 Å². The van der Waals surface area contributed by atoms with Crippen molar-refractivity contribution in [2.75, 3.05) is 16.4 Å². The molecule has 0 saturated carbocycles. The predicted octanol–water partition coefficient (Wildman–Crippen LogP) is 3.64. The SMILES string of the molecule is CC(C)(C)C(=O)N=C1SC2CS(=O)(=O)CC2N1c1ccc(Cl)c(Cl)c1. The van der Waals surface area contributed by atoms with E-state index in [1.165, 1.54) is 11.8 Å². The number of thioether (sulfide) groups is 1. The van der Waals surface area contributed by atoms with Gasteiger partial charge in [0.25, 0.3) is 5.91 Å². The number of amidine groups is 1. The Labute approximate surface area is 161 Å². The van der Waals surface area contributed by atoms with Crippen molar-refractivity contribution >= 4 is 61.6 Å². The fourth-order valence-electron chi connectivity index (χ4n) is 2.76. The van der Waals surface area contributed by atoms with E-state index in [1.54, 1.807) is 39.0 Å². The van der Waals surface area contributed by atoms with Gasteiger partial charge in [-0.25, -0.2) is 8.42 Å². The number of carbonyl (C=O) groups excluding carboxylic acids is 1. The molecule has 3 rings (SSSR count). The molecule has 2 unspecified atom stereocenters. The molecule has 0 aromatic heterocycles. The van der Waals surface area contributed by atoms with Gasteiger partial charge in [-0.05, 0) is 18.2 Å². The number of amides is 1. The first-order chi connectivity index (χ1) is 11.5. The van der Waals surface area contributed by atoms with Crippen molar-refractivity contribution in [3.63, 3.8) is 0 Å². The number of carbonyl (C=O) groups is 1. The lowest BCUT2D eigenvalue weighted by Crippen LogP contribution is -2.38. The number of hydrogen-bond acceptors (Lipinski definition) is 4. The second-order valence-electron chi connectivity index (χ2n) is 7.22. The molecular formula is C16H18Cl2N2O3S2. The number of nitrogens with zero attached hydrogens (tertiary/aromatic N) is 2. The first kappa shape index (κ1) is 19.0. The maximum Gasteiger partial charge on any atom is 0.253 e. The second kappa shape index (κ2) is 6.44. The molecule has 0 bridgehead atoms. The van der Waals surface area contributed by atoms with E-state index in [0.29, 0.717) is 20.9 Å². The molecule has 0 spiro atoms. The minimum atomic E-state index is -3.11. The minimum absolute atomic E-state index is 0.0354. The van der Waals surface area contributed by atoms with Crippen LogP contribution in [0.2, 0.25) is 10.0 Å². The molecule has 2 saturated heterocycles. The van der Waals surface area contributed by atoms with Gasteiger partial charge in [0.05, 0.1) is 27.6 Å². The van der Waals surface area contributed by atoms with Crippen LogP contribution in [0.3, 0.4) is 0 Å². The van der Waals surface area contributed by atoms with Crippen LogP contribution >= 0.6 is 35.0 Å². The van der Waals surface area contributed by atoms with Crippen LogP contribution in [0.15, 0.2) is 23.2 Å². The summed E-state index contributed by atoms with van der Waals surface area (Å²) >= 11 is 13.5. The molecule has 0 N–H and O–H groups in total. The van der Waals surface area contributed by atoms with Gasteiger partial charge in [0.2, 0.25) is 0 Å². The molecular weight excluding hydrogens is 403 g/mol. The van der Waals surface area contributed by atoms with Crippen LogP contribution in [0.5, 0.6) is 0 Å². The number of benzene rings is 1. The number of fused-ring (bicyclic) bond motifs is 1. The van der Waals surface area contributed by atoms with E-state index in [9.17, 15) is 13.2 Å². The molecule has 1 amide bonds. The predicted molar refractivity (Wildman–Crippen MR) is 105 cm³/mol. The Morgan fingerprint density at radius 2 is 1.92 bits per heavy atom. The van der Waals surface area contributed by atoms with Crippen molar-refractivity contribution in [2.24, 2.45) is 10.4 Å². The smallest absolute Gasteiger partial charge is 0.253 e. The third-order valence-corrected chi connectivity index (χ3v) is 8.04. The van der Waals surface area contributed by atoms with Gasteiger partial charge in [0, 0.05) is 16.4 Å². The average Bonchev–Trinajstić information content (AvgIpc) is 2.92. The Morgan fingerprint density at radius 1 is 1.24 bits per heavy atom. The minimum Gasteiger partial charge on any atom is -0.316 e. The summed E-state index contributed by atoms with van der Waals surface area (Å²) in [5.41, 5.74) is 0.0765. The van der Waals surface area contributed by atoms with Crippen molar-refractivity contribution in [3.05, 3.63) is 28.2 Å². The molecule has 9 heteroatoms. The highest BCUT2D eigenvalue weighted by molar-refractivity contribution is 8.16. The number of hydrogen-bond donors (Lipinski definition) is 0. The number of anilines is 1. The van der Waals surface area contributed by atoms with Crippen LogP contribution in [-0.4, -0.2) is 42.3 Å². The molecule has 25 heavy (non-hydrogen) atoms. The summed E-state index contributed by atoms with van der Waals surface area (Å²) in [6.07, 6.45) is 0. The first-order valence-corrected chi connectivity index (χ1v) is 11.2.